The number of carbonyl (C=O) groups excluding carboxylic acids is 1. The lowest BCUT2D eigenvalue weighted by atomic mass is 10.0. The minimum atomic E-state index is 0.137. The first kappa shape index (κ1) is 13.6. The van der Waals surface area contributed by atoms with Gasteiger partial charge >= 0.3 is 0 Å². The number of rotatable bonds is 4. The molecule has 0 bridgehead atoms. The summed E-state index contributed by atoms with van der Waals surface area (Å²) < 4.78 is 0. The van der Waals surface area contributed by atoms with Crippen LogP contribution in [0.25, 0.3) is 0 Å². The molecule has 4 heteroatoms. The maximum Gasteiger partial charge on any atom is 0.224 e. The van der Waals surface area contributed by atoms with Crippen molar-refractivity contribution in [1.82, 2.24) is 10.6 Å². The van der Waals surface area contributed by atoms with Crippen LogP contribution in [-0.2, 0) is 11.2 Å². The summed E-state index contributed by atoms with van der Waals surface area (Å²) in [4.78, 5) is 14.8. The minimum absolute atomic E-state index is 0.137. The van der Waals surface area contributed by atoms with E-state index in [9.17, 15) is 4.79 Å². The monoisotopic (exact) mass is 266 g/mol. The molecule has 0 radical (unpaired) electrons. The molecule has 2 N–H and O–H groups in total. The Labute approximate surface area is 113 Å². The second kappa shape index (κ2) is 5.85. The summed E-state index contributed by atoms with van der Waals surface area (Å²) in [5.74, 6) is 0.339. The molecule has 1 aromatic heterocycles. The van der Waals surface area contributed by atoms with Gasteiger partial charge in [0, 0.05) is 28.3 Å². The van der Waals surface area contributed by atoms with Gasteiger partial charge in [-0.25, -0.2) is 0 Å². The zero-order valence-electron chi connectivity index (χ0n) is 11.3. The summed E-state index contributed by atoms with van der Waals surface area (Å²) in [5, 5.41) is 6.46. The Morgan fingerprint density at radius 2 is 2.39 bits per heavy atom. The van der Waals surface area contributed by atoms with Crippen molar-refractivity contribution in [2.75, 3.05) is 6.54 Å². The van der Waals surface area contributed by atoms with Crippen molar-refractivity contribution in [2.24, 2.45) is 5.92 Å². The van der Waals surface area contributed by atoms with Gasteiger partial charge in [-0.15, -0.1) is 11.3 Å². The lowest BCUT2D eigenvalue weighted by Crippen LogP contribution is -2.41. The Kier molecular flexibility index (Phi) is 4.40. The van der Waals surface area contributed by atoms with Gasteiger partial charge in [0.05, 0.1) is 5.92 Å². The summed E-state index contributed by atoms with van der Waals surface area (Å²) in [6.07, 6.45) is 1.89. The van der Waals surface area contributed by atoms with Gasteiger partial charge in [-0.05, 0) is 45.9 Å². The van der Waals surface area contributed by atoms with E-state index in [-0.39, 0.29) is 17.9 Å². The molecule has 0 spiro atoms. The van der Waals surface area contributed by atoms with Gasteiger partial charge in [0.15, 0.2) is 0 Å². The van der Waals surface area contributed by atoms with Crippen molar-refractivity contribution >= 4 is 17.2 Å². The van der Waals surface area contributed by atoms with Gasteiger partial charge in [-0.2, -0.15) is 0 Å². The van der Waals surface area contributed by atoms with Crippen LogP contribution in [-0.4, -0.2) is 24.5 Å². The van der Waals surface area contributed by atoms with E-state index in [0.717, 1.165) is 19.4 Å². The van der Waals surface area contributed by atoms with Crippen molar-refractivity contribution in [3.8, 4) is 0 Å². The molecular weight excluding hydrogens is 244 g/mol. The summed E-state index contributed by atoms with van der Waals surface area (Å²) in [5.41, 5.74) is 0. The van der Waals surface area contributed by atoms with Crippen molar-refractivity contribution in [1.29, 1.82) is 0 Å². The molecule has 3 atom stereocenters. The van der Waals surface area contributed by atoms with Crippen LogP contribution >= 0.6 is 11.3 Å². The van der Waals surface area contributed by atoms with Crippen LogP contribution in [0.4, 0.5) is 0 Å². The zero-order chi connectivity index (χ0) is 13.1. The summed E-state index contributed by atoms with van der Waals surface area (Å²) in [7, 11) is 0. The predicted octanol–water partition coefficient (Wildman–Crippen LogP) is 2.10. The maximum absolute atomic E-state index is 12.1. The Morgan fingerprint density at radius 1 is 1.61 bits per heavy atom. The number of hydrogen-bond acceptors (Lipinski definition) is 3. The lowest BCUT2D eigenvalue weighted by Gasteiger charge is -2.19. The van der Waals surface area contributed by atoms with Crippen molar-refractivity contribution in [3.05, 3.63) is 21.9 Å². The highest BCUT2D eigenvalue weighted by Gasteiger charge is 2.29. The van der Waals surface area contributed by atoms with E-state index in [1.165, 1.54) is 9.75 Å². The SMILES string of the molecule is Cc1ccc(CC(C)NC(=O)C2CCNC2C)s1. The molecule has 2 rings (SSSR count). The molecule has 1 saturated heterocycles. The average molecular weight is 266 g/mol. The van der Waals surface area contributed by atoms with E-state index >= 15 is 0 Å². The van der Waals surface area contributed by atoms with E-state index < -0.39 is 0 Å². The van der Waals surface area contributed by atoms with Gasteiger partial charge in [-0.3, -0.25) is 4.79 Å². The first-order valence-corrected chi connectivity index (χ1v) is 7.47. The standard InChI is InChI=1S/C14H22N2OS/c1-9(8-12-5-4-10(2)18-12)16-14(17)13-6-7-15-11(13)3/h4-5,9,11,13,15H,6-8H2,1-3H3,(H,16,17). The van der Waals surface area contributed by atoms with Gasteiger partial charge in [0.1, 0.15) is 0 Å². The smallest absolute Gasteiger partial charge is 0.224 e. The Hall–Kier alpha value is -0.870. The van der Waals surface area contributed by atoms with Crippen LogP contribution in [0.3, 0.4) is 0 Å². The molecule has 0 aliphatic carbocycles. The fourth-order valence-electron chi connectivity index (χ4n) is 2.51. The molecule has 1 aliphatic rings. The Bertz CT molecular complexity index is 416. The van der Waals surface area contributed by atoms with Crippen molar-refractivity contribution in [2.45, 2.75) is 45.7 Å². The van der Waals surface area contributed by atoms with Gasteiger partial charge < -0.3 is 10.6 Å². The number of nitrogens with one attached hydrogen (secondary N) is 2. The number of thiophene rings is 1. The number of aryl methyl sites for hydroxylation is 1. The largest absolute Gasteiger partial charge is 0.353 e. The summed E-state index contributed by atoms with van der Waals surface area (Å²) in [6.45, 7) is 7.24. The van der Waals surface area contributed by atoms with Gasteiger partial charge in [0.2, 0.25) is 5.91 Å². The topological polar surface area (TPSA) is 41.1 Å². The molecule has 1 aliphatic heterocycles. The maximum atomic E-state index is 12.1. The molecule has 1 aromatic rings. The highest BCUT2D eigenvalue weighted by Crippen LogP contribution is 2.18. The highest BCUT2D eigenvalue weighted by molar-refractivity contribution is 7.11. The third-order valence-corrected chi connectivity index (χ3v) is 4.58. The van der Waals surface area contributed by atoms with E-state index in [1.54, 1.807) is 0 Å². The Balaban J connectivity index is 1.83. The fourth-order valence-corrected chi connectivity index (χ4v) is 3.53. The van der Waals surface area contributed by atoms with E-state index in [0.29, 0.717) is 6.04 Å². The zero-order valence-corrected chi connectivity index (χ0v) is 12.1. The summed E-state index contributed by atoms with van der Waals surface area (Å²) in [6, 6.07) is 4.81. The molecule has 18 heavy (non-hydrogen) atoms. The van der Waals surface area contributed by atoms with Crippen LogP contribution in [0.5, 0.6) is 0 Å². The van der Waals surface area contributed by atoms with Gasteiger partial charge in [0.25, 0.3) is 0 Å². The summed E-state index contributed by atoms with van der Waals surface area (Å²) >= 11 is 1.81. The fraction of sp³-hybridized carbons (Fsp3) is 0.643. The molecule has 3 nitrogen and oxygen atoms in total. The molecule has 3 unspecified atom stereocenters. The second-order valence-corrected chi connectivity index (χ2v) is 6.64. The van der Waals surface area contributed by atoms with Crippen LogP contribution in [0, 0.1) is 12.8 Å². The number of amides is 1. The van der Waals surface area contributed by atoms with Crippen LogP contribution in [0.15, 0.2) is 12.1 Å². The molecule has 100 valence electrons. The van der Waals surface area contributed by atoms with Crippen molar-refractivity contribution in [3.63, 3.8) is 0 Å². The molecular formula is C14H22N2OS. The first-order valence-electron chi connectivity index (χ1n) is 6.65. The number of hydrogen-bond donors (Lipinski definition) is 2. The quantitative estimate of drug-likeness (QED) is 0.876. The normalized spacial score (nSPS) is 25.1. The predicted molar refractivity (Wildman–Crippen MR) is 75.9 cm³/mol. The van der Waals surface area contributed by atoms with E-state index in [1.807, 2.05) is 11.3 Å². The molecule has 1 fully saturated rings. The van der Waals surface area contributed by atoms with Crippen molar-refractivity contribution < 1.29 is 4.79 Å². The Morgan fingerprint density at radius 3 is 2.94 bits per heavy atom. The molecule has 0 aromatic carbocycles. The third-order valence-electron chi connectivity index (χ3n) is 3.55. The molecule has 0 saturated carbocycles. The average Bonchev–Trinajstić information content (AvgIpc) is 2.87. The van der Waals surface area contributed by atoms with Crippen LogP contribution < -0.4 is 10.6 Å². The third kappa shape index (κ3) is 3.33. The van der Waals surface area contributed by atoms with Crippen LogP contribution in [0.1, 0.15) is 30.0 Å². The first-order chi connectivity index (χ1) is 8.56. The number of carbonyl (C=O) groups is 1. The van der Waals surface area contributed by atoms with E-state index in [4.69, 9.17) is 0 Å². The minimum Gasteiger partial charge on any atom is -0.353 e. The lowest BCUT2D eigenvalue weighted by molar-refractivity contribution is -0.125. The van der Waals surface area contributed by atoms with E-state index in [2.05, 4.69) is 43.5 Å². The highest BCUT2D eigenvalue weighted by atomic mass is 32.1. The van der Waals surface area contributed by atoms with Gasteiger partial charge in [-0.1, -0.05) is 0 Å². The molecule has 1 amide bonds. The second-order valence-electron chi connectivity index (χ2n) is 5.26. The molecule has 2 heterocycles. The van der Waals surface area contributed by atoms with Crippen LogP contribution in [0.2, 0.25) is 0 Å².